The summed E-state index contributed by atoms with van der Waals surface area (Å²) in [4.78, 5) is 12.8. The summed E-state index contributed by atoms with van der Waals surface area (Å²) in [6, 6.07) is 48.9. The molecule has 0 saturated carbocycles. The Morgan fingerprint density at radius 3 is 1.76 bits per heavy atom. The highest BCUT2D eigenvalue weighted by molar-refractivity contribution is 6.01. The fourth-order valence-corrected chi connectivity index (χ4v) is 7.51. The average Bonchev–Trinajstić information content (AvgIpc) is 3.16. The van der Waals surface area contributed by atoms with Crippen molar-refractivity contribution in [3.63, 3.8) is 0 Å². The summed E-state index contributed by atoms with van der Waals surface area (Å²) in [6.45, 7) is 12.8. The van der Waals surface area contributed by atoms with Crippen LogP contribution in [0.25, 0.3) is 10.8 Å². The Labute approximate surface area is 319 Å². The van der Waals surface area contributed by atoms with Crippen molar-refractivity contribution in [2.45, 2.75) is 47.5 Å². The summed E-state index contributed by atoms with van der Waals surface area (Å²) in [6.07, 6.45) is 0. The number of hydrogen-bond acceptors (Lipinski definition) is 5. The van der Waals surface area contributed by atoms with Crippen molar-refractivity contribution in [2.75, 3.05) is 22.6 Å². The van der Waals surface area contributed by atoms with Crippen LogP contribution in [-0.4, -0.2) is 12.6 Å². The van der Waals surface area contributed by atoms with Gasteiger partial charge in [-0.25, -0.2) is 4.79 Å². The second-order valence-corrected chi connectivity index (χ2v) is 14.2. The van der Waals surface area contributed by atoms with E-state index in [1.165, 1.54) is 44.5 Å². The molecule has 1 atom stereocenters. The van der Waals surface area contributed by atoms with E-state index in [9.17, 15) is 4.79 Å². The monoisotopic (exact) mass is 709 g/mol. The van der Waals surface area contributed by atoms with Crippen LogP contribution in [0.1, 0.15) is 67.7 Å². The van der Waals surface area contributed by atoms with Gasteiger partial charge in [0.25, 0.3) is 0 Å². The molecule has 7 aromatic carbocycles. The number of benzene rings is 7. The first-order valence-corrected chi connectivity index (χ1v) is 18.6. The summed E-state index contributed by atoms with van der Waals surface area (Å²) in [7, 11) is 0. The number of esters is 1. The quantitative estimate of drug-likeness (QED) is 0.0922. The highest BCUT2D eigenvalue weighted by Gasteiger charge is 2.22. The van der Waals surface area contributed by atoms with Gasteiger partial charge in [0.05, 0.1) is 17.9 Å². The van der Waals surface area contributed by atoms with Crippen LogP contribution < -0.4 is 16.0 Å². The number of carbonyl (C=O) groups is 1. The standard InChI is InChI=1S/C49H47N3O2/c1-7-54-49(53)43-14-10-11-15-45(43)52-46-27-25-42(40-12-8-9-13-41(40)46)47(36-17-21-38(22-18-36)50-44-26-16-31(2)28-33(44)4)37-19-23-39(24-20-37)51-48-34(5)29-32(3)30-35(48)6/h8-30,47,50-52H,7H2,1-6H3. The zero-order valence-electron chi connectivity index (χ0n) is 31.9. The maximum atomic E-state index is 12.8. The van der Waals surface area contributed by atoms with Crippen LogP contribution in [0, 0.1) is 34.6 Å². The fraction of sp³-hybridized carbons (Fsp3) is 0.163. The van der Waals surface area contributed by atoms with E-state index in [-0.39, 0.29) is 11.9 Å². The van der Waals surface area contributed by atoms with Crippen LogP contribution in [0.5, 0.6) is 0 Å². The molecular formula is C49H47N3O2. The number of anilines is 6. The summed E-state index contributed by atoms with van der Waals surface area (Å²) in [5, 5.41) is 13.1. The molecule has 0 radical (unpaired) electrons. The lowest BCUT2D eigenvalue weighted by atomic mass is 9.82. The number of carbonyl (C=O) groups excluding carboxylic acids is 1. The molecule has 7 rings (SSSR count). The minimum Gasteiger partial charge on any atom is -0.462 e. The lowest BCUT2D eigenvalue weighted by Crippen LogP contribution is -2.08. The molecule has 0 bridgehead atoms. The van der Waals surface area contributed by atoms with Gasteiger partial charge in [-0.15, -0.1) is 0 Å². The zero-order valence-corrected chi connectivity index (χ0v) is 31.9. The van der Waals surface area contributed by atoms with Crippen molar-refractivity contribution in [3.8, 4) is 0 Å². The Bertz CT molecular complexity index is 2430. The SMILES string of the molecule is CCOC(=O)c1ccccc1Nc1ccc(C(c2ccc(Nc3ccc(C)cc3C)cc2)c2ccc(Nc3c(C)cc(C)cc3C)cc2)c2ccccc12. The van der Waals surface area contributed by atoms with E-state index in [1.54, 1.807) is 6.07 Å². The number of hydrogen-bond donors (Lipinski definition) is 3. The Hall–Kier alpha value is -6.33. The topological polar surface area (TPSA) is 62.4 Å². The molecule has 0 fully saturated rings. The van der Waals surface area contributed by atoms with Crippen LogP contribution in [0.2, 0.25) is 0 Å². The number of aryl methyl sites for hydroxylation is 5. The Morgan fingerprint density at radius 1 is 0.537 bits per heavy atom. The van der Waals surface area contributed by atoms with Crippen molar-refractivity contribution in [1.29, 1.82) is 0 Å². The van der Waals surface area contributed by atoms with E-state index in [2.05, 4.69) is 166 Å². The maximum absolute atomic E-state index is 12.8. The molecule has 270 valence electrons. The molecule has 5 heteroatoms. The predicted molar refractivity (Wildman–Crippen MR) is 227 cm³/mol. The van der Waals surface area contributed by atoms with Gasteiger partial charge in [0.2, 0.25) is 0 Å². The molecule has 3 N–H and O–H groups in total. The zero-order chi connectivity index (χ0) is 37.8. The van der Waals surface area contributed by atoms with E-state index < -0.39 is 0 Å². The third-order valence-corrected chi connectivity index (χ3v) is 10.1. The second-order valence-electron chi connectivity index (χ2n) is 14.2. The molecule has 1 unspecified atom stereocenters. The van der Waals surface area contributed by atoms with Gasteiger partial charge in [-0.1, -0.05) is 102 Å². The van der Waals surface area contributed by atoms with Crippen molar-refractivity contribution in [3.05, 3.63) is 190 Å². The highest BCUT2D eigenvalue weighted by atomic mass is 16.5. The van der Waals surface area contributed by atoms with E-state index in [0.29, 0.717) is 17.9 Å². The molecule has 0 aromatic heterocycles. The first-order chi connectivity index (χ1) is 26.2. The second kappa shape index (κ2) is 15.7. The van der Waals surface area contributed by atoms with E-state index in [0.717, 1.165) is 39.2 Å². The van der Waals surface area contributed by atoms with Crippen molar-refractivity contribution < 1.29 is 9.53 Å². The highest BCUT2D eigenvalue weighted by Crippen LogP contribution is 2.40. The number of rotatable bonds is 11. The van der Waals surface area contributed by atoms with Crippen LogP contribution >= 0.6 is 0 Å². The van der Waals surface area contributed by atoms with E-state index in [4.69, 9.17) is 4.74 Å². The molecule has 5 nitrogen and oxygen atoms in total. The van der Waals surface area contributed by atoms with Crippen LogP contribution in [0.3, 0.4) is 0 Å². The number of para-hydroxylation sites is 1. The van der Waals surface area contributed by atoms with Crippen molar-refractivity contribution in [1.82, 2.24) is 0 Å². The normalized spacial score (nSPS) is 11.6. The number of ether oxygens (including phenoxy) is 1. The molecule has 0 spiro atoms. The molecule has 0 saturated heterocycles. The van der Waals surface area contributed by atoms with Gasteiger partial charge < -0.3 is 20.7 Å². The molecule has 7 aromatic rings. The Morgan fingerprint density at radius 2 is 1.11 bits per heavy atom. The van der Waals surface area contributed by atoms with Gasteiger partial charge in [-0.3, -0.25) is 0 Å². The van der Waals surface area contributed by atoms with Crippen LogP contribution in [0.15, 0.2) is 140 Å². The van der Waals surface area contributed by atoms with Gasteiger partial charge in [0.1, 0.15) is 0 Å². The first kappa shape index (κ1) is 36.0. The first-order valence-electron chi connectivity index (χ1n) is 18.6. The molecular weight excluding hydrogens is 663 g/mol. The lowest BCUT2D eigenvalue weighted by Gasteiger charge is -2.23. The van der Waals surface area contributed by atoms with Gasteiger partial charge in [-0.2, -0.15) is 0 Å². The predicted octanol–water partition coefficient (Wildman–Crippen LogP) is 13.0. The number of fused-ring (bicyclic) bond motifs is 1. The van der Waals surface area contributed by atoms with Gasteiger partial charge in [0.15, 0.2) is 0 Å². The summed E-state index contributed by atoms with van der Waals surface area (Å²) in [5.74, 6) is -0.398. The molecule has 0 aliphatic rings. The summed E-state index contributed by atoms with van der Waals surface area (Å²) >= 11 is 0. The largest absolute Gasteiger partial charge is 0.462 e. The summed E-state index contributed by atoms with van der Waals surface area (Å²) in [5.41, 5.74) is 16.2. The molecule has 0 amide bonds. The lowest BCUT2D eigenvalue weighted by molar-refractivity contribution is 0.0527. The fourth-order valence-electron chi connectivity index (χ4n) is 7.51. The smallest absolute Gasteiger partial charge is 0.340 e. The third-order valence-electron chi connectivity index (χ3n) is 10.1. The minimum absolute atomic E-state index is 0.0529. The molecule has 54 heavy (non-hydrogen) atoms. The average molecular weight is 710 g/mol. The van der Waals surface area contributed by atoms with Gasteiger partial charge in [-0.05, 0) is 129 Å². The summed E-state index contributed by atoms with van der Waals surface area (Å²) < 4.78 is 5.36. The van der Waals surface area contributed by atoms with E-state index >= 15 is 0 Å². The minimum atomic E-state index is -0.345. The van der Waals surface area contributed by atoms with Gasteiger partial charge >= 0.3 is 5.97 Å². The Balaban J connectivity index is 1.29. The number of nitrogens with one attached hydrogen (secondary N) is 3. The molecule has 0 aliphatic carbocycles. The van der Waals surface area contributed by atoms with Crippen molar-refractivity contribution >= 4 is 50.9 Å². The van der Waals surface area contributed by atoms with E-state index in [1.807, 2.05) is 25.1 Å². The Kier molecular flexibility index (Phi) is 10.5. The van der Waals surface area contributed by atoms with Crippen molar-refractivity contribution in [2.24, 2.45) is 0 Å². The van der Waals surface area contributed by atoms with Crippen LogP contribution in [-0.2, 0) is 4.74 Å². The third kappa shape index (κ3) is 7.72. The molecule has 0 heterocycles. The van der Waals surface area contributed by atoms with Gasteiger partial charge in [0, 0.05) is 39.7 Å². The van der Waals surface area contributed by atoms with Crippen LogP contribution in [0.4, 0.5) is 34.1 Å². The maximum Gasteiger partial charge on any atom is 0.340 e. The molecule has 0 aliphatic heterocycles.